The summed E-state index contributed by atoms with van der Waals surface area (Å²) < 4.78 is 1.88. The van der Waals surface area contributed by atoms with Crippen molar-refractivity contribution in [3.63, 3.8) is 0 Å². The first kappa shape index (κ1) is 19.5. The van der Waals surface area contributed by atoms with E-state index in [9.17, 15) is 4.79 Å². The van der Waals surface area contributed by atoms with Crippen LogP contribution in [0.3, 0.4) is 0 Å². The van der Waals surface area contributed by atoms with Crippen LogP contribution in [-0.2, 0) is 4.79 Å². The molecule has 0 saturated carbocycles. The van der Waals surface area contributed by atoms with E-state index in [0.29, 0.717) is 11.5 Å². The van der Waals surface area contributed by atoms with E-state index in [-0.39, 0.29) is 5.91 Å². The minimum Gasteiger partial charge on any atom is -0.265 e. The van der Waals surface area contributed by atoms with Crippen LogP contribution in [0.25, 0.3) is 6.08 Å². The zero-order valence-electron chi connectivity index (χ0n) is 15.2. The average molecular weight is 509 g/mol. The summed E-state index contributed by atoms with van der Waals surface area (Å²) >= 11 is 6.93. The number of hydrazone groups is 1. The molecule has 0 atom stereocenters. The molecule has 1 aliphatic rings. The number of benzene rings is 3. The largest absolute Gasteiger partial charge is 0.298 e. The number of aliphatic imine (C=N–C) groups is 1. The lowest BCUT2D eigenvalue weighted by molar-refractivity contribution is -0.122. The van der Waals surface area contributed by atoms with E-state index in [2.05, 4.69) is 42.0 Å². The summed E-state index contributed by atoms with van der Waals surface area (Å²) in [5, 5.41) is 5.78. The number of amidine groups is 1. The first-order chi connectivity index (χ1) is 14.1. The van der Waals surface area contributed by atoms with Crippen molar-refractivity contribution >= 4 is 55.9 Å². The lowest BCUT2D eigenvalue weighted by atomic mass is 10.2. The Balaban J connectivity index is 1.73. The van der Waals surface area contributed by atoms with E-state index in [4.69, 9.17) is 0 Å². The molecule has 1 aliphatic heterocycles. The molecule has 0 bridgehead atoms. The molecule has 3 aromatic rings. The van der Waals surface area contributed by atoms with Crippen LogP contribution < -0.4 is 0 Å². The van der Waals surface area contributed by atoms with E-state index in [1.165, 1.54) is 5.01 Å². The van der Waals surface area contributed by atoms with Crippen LogP contribution in [0.5, 0.6) is 0 Å². The molecule has 0 fully saturated rings. The molecule has 142 valence electrons. The summed E-state index contributed by atoms with van der Waals surface area (Å²) in [4.78, 5) is 17.7. The second kappa shape index (κ2) is 8.68. The predicted molar refractivity (Wildman–Crippen MR) is 124 cm³/mol. The zero-order valence-corrected chi connectivity index (χ0v) is 18.3. The van der Waals surface area contributed by atoms with Crippen LogP contribution in [0.1, 0.15) is 16.7 Å². The monoisotopic (exact) mass is 507 g/mol. The third-order valence-corrected chi connectivity index (χ3v) is 5.51. The SMILES string of the molecule is O=C1C(=Cc2ccccc2Br)N=C(c2ccccc2)N1N=Cc1ccc(Br)cc1. The molecule has 0 unspecified atom stereocenters. The number of hydrogen-bond donors (Lipinski definition) is 0. The average Bonchev–Trinajstić information content (AvgIpc) is 3.05. The van der Waals surface area contributed by atoms with Crippen molar-refractivity contribution in [3.05, 3.63) is 110 Å². The van der Waals surface area contributed by atoms with Crippen molar-refractivity contribution in [2.45, 2.75) is 0 Å². The normalized spacial score (nSPS) is 15.4. The highest BCUT2D eigenvalue weighted by molar-refractivity contribution is 9.10. The first-order valence-corrected chi connectivity index (χ1v) is 10.4. The molecular formula is C23H15Br2N3O. The fourth-order valence-corrected chi connectivity index (χ4v) is 3.47. The first-order valence-electron chi connectivity index (χ1n) is 8.86. The van der Waals surface area contributed by atoms with Crippen LogP contribution in [0, 0.1) is 0 Å². The molecule has 0 saturated heterocycles. The van der Waals surface area contributed by atoms with E-state index >= 15 is 0 Å². The third-order valence-electron chi connectivity index (χ3n) is 4.26. The van der Waals surface area contributed by atoms with Gasteiger partial charge in [0.15, 0.2) is 5.84 Å². The predicted octanol–water partition coefficient (Wildman–Crippen LogP) is 5.88. The number of carbonyl (C=O) groups excluding carboxylic acids is 1. The number of carbonyl (C=O) groups is 1. The Labute approximate surface area is 185 Å². The van der Waals surface area contributed by atoms with Gasteiger partial charge in [0, 0.05) is 14.5 Å². The summed E-state index contributed by atoms with van der Waals surface area (Å²) in [6, 6.07) is 25.0. The van der Waals surface area contributed by atoms with Crippen LogP contribution >= 0.6 is 31.9 Å². The van der Waals surface area contributed by atoms with Gasteiger partial charge in [0.05, 0.1) is 6.21 Å². The van der Waals surface area contributed by atoms with Gasteiger partial charge in [0.1, 0.15) is 5.70 Å². The van der Waals surface area contributed by atoms with Gasteiger partial charge in [0.25, 0.3) is 5.91 Å². The van der Waals surface area contributed by atoms with Crippen LogP contribution in [0.2, 0.25) is 0 Å². The highest BCUT2D eigenvalue weighted by Gasteiger charge is 2.31. The highest BCUT2D eigenvalue weighted by atomic mass is 79.9. The Morgan fingerprint density at radius 3 is 2.28 bits per heavy atom. The Kier molecular flexibility index (Phi) is 5.83. The topological polar surface area (TPSA) is 45.0 Å². The number of rotatable bonds is 4. The third kappa shape index (κ3) is 4.44. The Morgan fingerprint density at radius 1 is 0.862 bits per heavy atom. The summed E-state index contributed by atoms with van der Waals surface area (Å²) in [7, 11) is 0. The van der Waals surface area contributed by atoms with E-state index in [1.807, 2.05) is 78.9 Å². The van der Waals surface area contributed by atoms with Crippen molar-refractivity contribution in [1.82, 2.24) is 5.01 Å². The second-order valence-electron chi connectivity index (χ2n) is 6.27. The van der Waals surface area contributed by atoms with Gasteiger partial charge < -0.3 is 0 Å². The lowest BCUT2D eigenvalue weighted by Crippen LogP contribution is -2.27. The van der Waals surface area contributed by atoms with E-state index in [0.717, 1.165) is 25.6 Å². The van der Waals surface area contributed by atoms with Crippen molar-refractivity contribution in [3.8, 4) is 0 Å². The van der Waals surface area contributed by atoms with Crippen LogP contribution in [0.4, 0.5) is 0 Å². The summed E-state index contributed by atoms with van der Waals surface area (Å²) in [6.07, 6.45) is 3.43. The van der Waals surface area contributed by atoms with Gasteiger partial charge in [-0.1, -0.05) is 92.5 Å². The lowest BCUT2D eigenvalue weighted by Gasteiger charge is -2.11. The Morgan fingerprint density at radius 2 is 1.55 bits per heavy atom. The number of nitrogens with zero attached hydrogens (tertiary/aromatic N) is 3. The smallest absolute Gasteiger partial charge is 0.265 e. The van der Waals surface area contributed by atoms with E-state index in [1.54, 1.807) is 12.3 Å². The standard InChI is InChI=1S/C23H15Br2N3O/c24-19-12-10-16(11-13-19)15-26-28-22(17-6-2-1-3-7-17)27-21(23(28)29)14-18-8-4-5-9-20(18)25/h1-15H. The minimum atomic E-state index is -0.270. The maximum atomic E-state index is 13.1. The van der Waals surface area contributed by atoms with Gasteiger partial charge >= 0.3 is 0 Å². The number of halogens is 2. The molecule has 4 nitrogen and oxygen atoms in total. The molecular weight excluding hydrogens is 494 g/mol. The molecule has 0 aliphatic carbocycles. The van der Waals surface area contributed by atoms with Crippen LogP contribution in [0.15, 0.2) is 104 Å². The maximum Gasteiger partial charge on any atom is 0.298 e. The Hall–Kier alpha value is -2.83. The molecule has 29 heavy (non-hydrogen) atoms. The molecule has 0 N–H and O–H groups in total. The molecule has 3 aromatic carbocycles. The van der Waals surface area contributed by atoms with Gasteiger partial charge in [-0.15, -0.1) is 0 Å². The van der Waals surface area contributed by atoms with E-state index < -0.39 is 0 Å². The second-order valence-corrected chi connectivity index (χ2v) is 8.04. The van der Waals surface area contributed by atoms with Gasteiger partial charge in [-0.3, -0.25) is 4.79 Å². The molecule has 6 heteroatoms. The summed E-state index contributed by atoms with van der Waals surface area (Å²) in [5.41, 5.74) is 2.93. The van der Waals surface area contributed by atoms with Crippen LogP contribution in [-0.4, -0.2) is 23.0 Å². The zero-order chi connectivity index (χ0) is 20.2. The molecule has 1 amide bonds. The fourth-order valence-electron chi connectivity index (χ4n) is 2.80. The Bertz CT molecular complexity index is 1140. The summed E-state index contributed by atoms with van der Waals surface area (Å²) in [6.45, 7) is 0. The molecule has 1 heterocycles. The van der Waals surface area contributed by atoms with Gasteiger partial charge in [-0.2, -0.15) is 10.1 Å². The fraction of sp³-hybridized carbons (Fsp3) is 0. The number of amides is 1. The molecule has 0 spiro atoms. The van der Waals surface area contributed by atoms with Crippen molar-refractivity contribution in [1.29, 1.82) is 0 Å². The van der Waals surface area contributed by atoms with Crippen molar-refractivity contribution in [2.75, 3.05) is 0 Å². The molecule has 0 radical (unpaired) electrons. The van der Waals surface area contributed by atoms with Gasteiger partial charge in [0.2, 0.25) is 0 Å². The van der Waals surface area contributed by atoms with Crippen molar-refractivity contribution < 1.29 is 4.79 Å². The van der Waals surface area contributed by atoms with Crippen molar-refractivity contribution in [2.24, 2.45) is 10.1 Å². The number of hydrogen-bond acceptors (Lipinski definition) is 3. The highest BCUT2D eigenvalue weighted by Crippen LogP contribution is 2.25. The van der Waals surface area contributed by atoms with Gasteiger partial charge in [-0.25, -0.2) is 4.99 Å². The molecule has 4 rings (SSSR count). The van der Waals surface area contributed by atoms with Gasteiger partial charge in [-0.05, 0) is 35.4 Å². The maximum absolute atomic E-state index is 13.1. The molecule has 0 aromatic heterocycles. The minimum absolute atomic E-state index is 0.270. The quantitative estimate of drug-likeness (QED) is 0.321. The summed E-state index contributed by atoms with van der Waals surface area (Å²) in [5.74, 6) is 0.232.